The van der Waals surface area contributed by atoms with Crippen molar-refractivity contribution >= 4 is 5.91 Å². The SMILES string of the molecule is C/C=C(\F)C(=O)NC. The van der Waals surface area contributed by atoms with Crippen LogP contribution in [0.5, 0.6) is 0 Å². The summed E-state index contributed by atoms with van der Waals surface area (Å²) in [5.74, 6) is -1.42. The van der Waals surface area contributed by atoms with Gasteiger partial charge in [-0.2, -0.15) is 0 Å². The van der Waals surface area contributed by atoms with Gasteiger partial charge in [-0.25, -0.2) is 4.39 Å². The van der Waals surface area contributed by atoms with E-state index >= 15 is 0 Å². The zero-order valence-electron chi connectivity index (χ0n) is 4.86. The molecule has 0 unspecified atom stereocenters. The highest BCUT2D eigenvalue weighted by Gasteiger charge is 2.00. The third kappa shape index (κ3) is 1.73. The molecule has 0 aliphatic heterocycles. The first-order valence-electron chi connectivity index (χ1n) is 2.26. The van der Waals surface area contributed by atoms with E-state index in [1.54, 1.807) is 0 Å². The fraction of sp³-hybridized carbons (Fsp3) is 0.400. The minimum atomic E-state index is -0.743. The van der Waals surface area contributed by atoms with Crippen LogP contribution in [0.15, 0.2) is 11.9 Å². The minimum absolute atomic E-state index is 0.674. The second-order valence-electron chi connectivity index (χ2n) is 1.22. The van der Waals surface area contributed by atoms with Crippen molar-refractivity contribution in [2.45, 2.75) is 6.92 Å². The van der Waals surface area contributed by atoms with Gasteiger partial charge in [0.15, 0.2) is 5.83 Å². The van der Waals surface area contributed by atoms with Crippen LogP contribution in [-0.2, 0) is 4.79 Å². The monoisotopic (exact) mass is 117 g/mol. The van der Waals surface area contributed by atoms with E-state index in [4.69, 9.17) is 0 Å². The molecule has 1 N–H and O–H groups in total. The Labute approximate surface area is 47.4 Å². The molecule has 0 atom stereocenters. The van der Waals surface area contributed by atoms with Crippen LogP contribution in [0.1, 0.15) is 6.92 Å². The van der Waals surface area contributed by atoms with E-state index in [1.807, 2.05) is 0 Å². The van der Waals surface area contributed by atoms with E-state index in [0.717, 1.165) is 6.08 Å². The normalized spacial score (nSPS) is 11.1. The van der Waals surface area contributed by atoms with Gasteiger partial charge in [0, 0.05) is 7.05 Å². The Hall–Kier alpha value is -0.860. The number of amides is 1. The van der Waals surface area contributed by atoms with Crippen LogP contribution >= 0.6 is 0 Å². The van der Waals surface area contributed by atoms with Gasteiger partial charge in [-0.15, -0.1) is 0 Å². The van der Waals surface area contributed by atoms with Gasteiger partial charge in [-0.1, -0.05) is 0 Å². The highest BCUT2D eigenvalue weighted by molar-refractivity contribution is 5.90. The molecule has 1 amide bonds. The first kappa shape index (κ1) is 7.14. The Morgan fingerprint density at radius 3 is 2.38 bits per heavy atom. The molecule has 0 radical (unpaired) electrons. The van der Waals surface area contributed by atoms with E-state index < -0.39 is 11.7 Å². The van der Waals surface area contributed by atoms with Crippen molar-refractivity contribution in [1.29, 1.82) is 0 Å². The van der Waals surface area contributed by atoms with Crippen molar-refractivity contribution in [2.75, 3.05) is 7.05 Å². The first-order valence-corrected chi connectivity index (χ1v) is 2.26. The summed E-state index contributed by atoms with van der Waals surface area (Å²) in [6.45, 7) is 1.46. The number of likely N-dealkylation sites (N-methyl/N-ethyl adjacent to an activating group) is 1. The second-order valence-corrected chi connectivity index (χ2v) is 1.22. The third-order valence-electron chi connectivity index (χ3n) is 0.697. The van der Waals surface area contributed by atoms with Crippen LogP contribution in [-0.4, -0.2) is 13.0 Å². The molecule has 0 fully saturated rings. The highest BCUT2D eigenvalue weighted by Crippen LogP contribution is 1.92. The quantitative estimate of drug-likeness (QED) is 0.501. The number of halogens is 1. The second kappa shape index (κ2) is 3.18. The van der Waals surface area contributed by atoms with Crippen LogP contribution in [0.3, 0.4) is 0 Å². The van der Waals surface area contributed by atoms with Crippen LogP contribution < -0.4 is 5.32 Å². The van der Waals surface area contributed by atoms with Crippen molar-refractivity contribution in [3.05, 3.63) is 11.9 Å². The van der Waals surface area contributed by atoms with Gasteiger partial charge >= 0.3 is 0 Å². The molecule has 2 nitrogen and oxygen atoms in total. The Kier molecular flexibility index (Phi) is 2.84. The highest BCUT2D eigenvalue weighted by atomic mass is 19.1. The van der Waals surface area contributed by atoms with E-state index in [9.17, 15) is 9.18 Å². The zero-order valence-corrected chi connectivity index (χ0v) is 4.86. The van der Waals surface area contributed by atoms with Gasteiger partial charge in [0.2, 0.25) is 0 Å². The minimum Gasteiger partial charge on any atom is -0.353 e. The fourth-order valence-corrected chi connectivity index (χ4v) is 0.251. The molecule has 0 heterocycles. The molecule has 0 rings (SSSR count). The van der Waals surface area contributed by atoms with Gasteiger partial charge < -0.3 is 5.32 Å². The molecule has 46 valence electrons. The van der Waals surface area contributed by atoms with Crippen LogP contribution in [0.4, 0.5) is 4.39 Å². The molecule has 0 saturated carbocycles. The number of hydrogen-bond donors (Lipinski definition) is 1. The molecule has 3 heteroatoms. The van der Waals surface area contributed by atoms with Gasteiger partial charge in [-0.3, -0.25) is 4.79 Å². The predicted octanol–water partition coefficient (Wildman–Crippen LogP) is 0.606. The van der Waals surface area contributed by atoms with Gasteiger partial charge in [0.1, 0.15) is 0 Å². The number of carbonyl (C=O) groups is 1. The standard InChI is InChI=1S/C5H8FNO/c1-3-4(6)5(8)7-2/h3H,1-2H3,(H,7,8)/b4-3-. The number of nitrogens with one attached hydrogen (secondary N) is 1. The summed E-state index contributed by atoms with van der Waals surface area (Å²) in [6, 6.07) is 0. The summed E-state index contributed by atoms with van der Waals surface area (Å²) in [4.78, 5) is 10.2. The van der Waals surface area contributed by atoms with Gasteiger partial charge in [0.25, 0.3) is 5.91 Å². The number of carbonyl (C=O) groups excluding carboxylic acids is 1. The summed E-state index contributed by atoms with van der Waals surface area (Å²) in [5, 5.41) is 2.13. The number of rotatable bonds is 1. The first-order chi connectivity index (χ1) is 3.72. The Balaban J connectivity index is 3.83. The Morgan fingerprint density at radius 2 is 2.25 bits per heavy atom. The van der Waals surface area contributed by atoms with E-state index in [1.165, 1.54) is 14.0 Å². The Morgan fingerprint density at radius 1 is 1.75 bits per heavy atom. The summed E-state index contributed by atoms with van der Waals surface area (Å²) >= 11 is 0. The number of allylic oxidation sites excluding steroid dienone is 1. The molecule has 0 aromatic rings. The lowest BCUT2D eigenvalue weighted by Gasteiger charge is -1.90. The van der Waals surface area contributed by atoms with Gasteiger partial charge in [0.05, 0.1) is 0 Å². The summed E-state index contributed by atoms with van der Waals surface area (Å²) < 4.78 is 12.0. The van der Waals surface area contributed by atoms with E-state index in [2.05, 4.69) is 5.32 Å². The average Bonchev–Trinajstić information content (AvgIpc) is 1.84. The molecular formula is C5H8FNO. The van der Waals surface area contributed by atoms with Crippen molar-refractivity contribution in [3.8, 4) is 0 Å². The van der Waals surface area contributed by atoms with E-state index in [-0.39, 0.29) is 0 Å². The average molecular weight is 117 g/mol. The smallest absolute Gasteiger partial charge is 0.279 e. The molecule has 0 aliphatic carbocycles. The number of hydrogen-bond acceptors (Lipinski definition) is 1. The largest absolute Gasteiger partial charge is 0.353 e. The van der Waals surface area contributed by atoms with Crippen LogP contribution in [0, 0.1) is 0 Å². The Bertz CT molecular complexity index is 120. The molecule has 0 aromatic carbocycles. The molecule has 0 saturated heterocycles. The lowest BCUT2D eigenvalue weighted by atomic mass is 10.5. The molecule has 0 aliphatic rings. The van der Waals surface area contributed by atoms with Gasteiger partial charge in [-0.05, 0) is 13.0 Å². The van der Waals surface area contributed by atoms with Crippen molar-refractivity contribution < 1.29 is 9.18 Å². The maximum Gasteiger partial charge on any atom is 0.279 e. The summed E-state index contributed by atoms with van der Waals surface area (Å²) in [5.41, 5.74) is 0. The molecule has 0 aromatic heterocycles. The van der Waals surface area contributed by atoms with E-state index in [0.29, 0.717) is 0 Å². The lowest BCUT2D eigenvalue weighted by Crippen LogP contribution is -2.17. The van der Waals surface area contributed by atoms with Crippen LogP contribution in [0.25, 0.3) is 0 Å². The maximum atomic E-state index is 12.0. The summed E-state index contributed by atoms with van der Waals surface area (Å²) in [6.07, 6.45) is 1.11. The predicted molar refractivity (Wildman–Crippen MR) is 28.9 cm³/mol. The summed E-state index contributed by atoms with van der Waals surface area (Å²) in [7, 11) is 1.38. The zero-order chi connectivity index (χ0) is 6.57. The molecular weight excluding hydrogens is 109 g/mol. The molecule has 0 spiro atoms. The van der Waals surface area contributed by atoms with Crippen molar-refractivity contribution in [1.82, 2.24) is 5.32 Å². The molecule has 0 bridgehead atoms. The third-order valence-corrected chi connectivity index (χ3v) is 0.697. The maximum absolute atomic E-state index is 12.0. The van der Waals surface area contributed by atoms with Crippen LogP contribution in [0.2, 0.25) is 0 Å². The fourth-order valence-electron chi connectivity index (χ4n) is 0.251. The van der Waals surface area contributed by atoms with Crippen molar-refractivity contribution in [3.63, 3.8) is 0 Å². The molecule has 8 heavy (non-hydrogen) atoms. The van der Waals surface area contributed by atoms with Crippen molar-refractivity contribution in [2.24, 2.45) is 0 Å². The lowest BCUT2D eigenvalue weighted by molar-refractivity contribution is -0.118. The topological polar surface area (TPSA) is 29.1 Å².